The van der Waals surface area contributed by atoms with Gasteiger partial charge in [0.1, 0.15) is 17.8 Å². The lowest BCUT2D eigenvalue weighted by atomic mass is 10.1. The summed E-state index contributed by atoms with van der Waals surface area (Å²) in [5, 5.41) is 10.6. The van der Waals surface area contributed by atoms with Gasteiger partial charge in [0.2, 0.25) is 0 Å². The maximum absolute atomic E-state index is 8.99. The van der Waals surface area contributed by atoms with Gasteiger partial charge in [-0.25, -0.2) is 9.97 Å². The van der Waals surface area contributed by atoms with Crippen molar-refractivity contribution >= 4 is 34.1 Å². The summed E-state index contributed by atoms with van der Waals surface area (Å²) in [7, 11) is 2.05. The molecule has 3 aromatic rings. The summed E-state index contributed by atoms with van der Waals surface area (Å²) in [4.78, 5) is 16.3. The molecule has 7 heteroatoms. The van der Waals surface area contributed by atoms with E-state index in [0.717, 1.165) is 42.0 Å². The normalized spacial score (nSPS) is 17.0. The molecule has 6 nitrogen and oxygen atoms in total. The first-order chi connectivity index (χ1) is 12.2. The number of anilines is 2. The van der Waals surface area contributed by atoms with E-state index in [9.17, 15) is 0 Å². The van der Waals surface area contributed by atoms with Crippen LogP contribution in [0.4, 0.5) is 11.5 Å². The van der Waals surface area contributed by atoms with Crippen LogP contribution in [-0.4, -0.2) is 41.1 Å². The van der Waals surface area contributed by atoms with E-state index in [4.69, 9.17) is 16.9 Å². The molecular weight excluding hydrogens is 336 g/mol. The number of aromatic amines is 1. The van der Waals surface area contributed by atoms with Gasteiger partial charge in [-0.1, -0.05) is 11.6 Å². The van der Waals surface area contributed by atoms with E-state index >= 15 is 0 Å². The fourth-order valence-corrected chi connectivity index (χ4v) is 3.73. The van der Waals surface area contributed by atoms with Crippen LogP contribution in [0.2, 0.25) is 5.02 Å². The Bertz CT molecular complexity index is 960. The number of benzene rings is 1. The van der Waals surface area contributed by atoms with Crippen LogP contribution in [0.3, 0.4) is 0 Å². The lowest BCUT2D eigenvalue weighted by Gasteiger charge is -2.28. The second-order valence-electron chi connectivity index (χ2n) is 6.21. The summed E-state index contributed by atoms with van der Waals surface area (Å²) in [5.74, 6) is 0.966. The SMILES string of the molecule is CN(c1ccc(C#N)cc1Cl)C1CCN(c2ncnc3[nH]ccc23)C1. The number of hydrogen-bond donors (Lipinski definition) is 1. The smallest absolute Gasteiger partial charge is 0.142 e. The molecule has 25 heavy (non-hydrogen) atoms. The second-order valence-corrected chi connectivity index (χ2v) is 6.62. The fraction of sp³-hybridized carbons (Fsp3) is 0.278. The molecule has 4 rings (SSSR count). The standard InChI is InChI=1S/C18H17ClN6/c1-24(16-3-2-12(9-20)8-15(16)19)13-5-7-25(10-13)18-14-4-6-21-17(14)22-11-23-18/h2-4,6,8,11,13H,5,7,10H2,1H3,(H,21,22,23). The monoisotopic (exact) mass is 352 g/mol. The van der Waals surface area contributed by atoms with Crippen LogP contribution in [-0.2, 0) is 0 Å². The van der Waals surface area contributed by atoms with E-state index in [2.05, 4.69) is 30.8 Å². The van der Waals surface area contributed by atoms with Crippen molar-refractivity contribution in [2.24, 2.45) is 0 Å². The summed E-state index contributed by atoms with van der Waals surface area (Å²) in [5.41, 5.74) is 2.38. The Labute approximate surface area is 150 Å². The van der Waals surface area contributed by atoms with E-state index < -0.39 is 0 Å². The Morgan fingerprint density at radius 2 is 2.24 bits per heavy atom. The van der Waals surface area contributed by atoms with Gasteiger partial charge in [0.25, 0.3) is 0 Å². The summed E-state index contributed by atoms with van der Waals surface area (Å²) in [6, 6.07) is 9.89. The predicted molar refractivity (Wildman–Crippen MR) is 99.1 cm³/mol. The highest BCUT2D eigenvalue weighted by Gasteiger charge is 2.28. The molecule has 1 N–H and O–H groups in total. The maximum atomic E-state index is 8.99. The van der Waals surface area contributed by atoms with E-state index in [-0.39, 0.29) is 0 Å². The topological polar surface area (TPSA) is 71.8 Å². The molecule has 1 aliphatic rings. The number of nitrogens with zero attached hydrogens (tertiary/aromatic N) is 5. The van der Waals surface area contributed by atoms with Gasteiger partial charge in [0.15, 0.2) is 0 Å². The first kappa shape index (κ1) is 15.7. The van der Waals surface area contributed by atoms with Gasteiger partial charge in [-0.3, -0.25) is 0 Å². The summed E-state index contributed by atoms with van der Waals surface area (Å²) in [6.07, 6.45) is 4.50. The average molecular weight is 353 g/mol. The fourth-order valence-electron chi connectivity index (χ4n) is 3.42. The van der Waals surface area contributed by atoms with Gasteiger partial charge in [-0.2, -0.15) is 5.26 Å². The van der Waals surface area contributed by atoms with E-state index in [1.165, 1.54) is 0 Å². The van der Waals surface area contributed by atoms with Crippen molar-refractivity contribution in [2.45, 2.75) is 12.5 Å². The third-order valence-corrected chi connectivity index (χ3v) is 5.10. The van der Waals surface area contributed by atoms with Crippen molar-refractivity contribution in [2.75, 3.05) is 29.9 Å². The quantitative estimate of drug-likeness (QED) is 0.783. The molecule has 0 aliphatic carbocycles. The third kappa shape index (κ3) is 2.77. The Morgan fingerprint density at radius 1 is 1.36 bits per heavy atom. The second kappa shape index (κ2) is 6.26. The van der Waals surface area contributed by atoms with Crippen molar-refractivity contribution in [3.63, 3.8) is 0 Å². The van der Waals surface area contributed by atoms with Gasteiger partial charge < -0.3 is 14.8 Å². The highest BCUT2D eigenvalue weighted by atomic mass is 35.5. The largest absolute Gasteiger partial charge is 0.369 e. The minimum Gasteiger partial charge on any atom is -0.369 e. The van der Waals surface area contributed by atoms with Crippen LogP contribution in [0.1, 0.15) is 12.0 Å². The number of H-pyrrole nitrogens is 1. The van der Waals surface area contributed by atoms with Crippen LogP contribution in [0.15, 0.2) is 36.8 Å². The first-order valence-electron chi connectivity index (χ1n) is 8.13. The highest BCUT2D eigenvalue weighted by Crippen LogP contribution is 2.32. The minimum atomic E-state index is 0.328. The zero-order chi connectivity index (χ0) is 17.4. The molecule has 1 aliphatic heterocycles. The van der Waals surface area contributed by atoms with Gasteiger partial charge in [0, 0.05) is 32.4 Å². The Hall–Kier alpha value is -2.78. The maximum Gasteiger partial charge on any atom is 0.142 e. The van der Waals surface area contributed by atoms with Crippen molar-refractivity contribution in [3.8, 4) is 6.07 Å². The summed E-state index contributed by atoms with van der Waals surface area (Å²) < 4.78 is 0. The number of rotatable bonds is 3. The Morgan fingerprint density at radius 3 is 3.04 bits per heavy atom. The number of likely N-dealkylation sites (N-methyl/N-ethyl adjacent to an activating group) is 1. The van der Waals surface area contributed by atoms with Gasteiger partial charge in [-0.15, -0.1) is 0 Å². The zero-order valence-corrected chi connectivity index (χ0v) is 14.5. The predicted octanol–water partition coefficient (Wildman–Crippen LogP) is 3.20. The van der Waals surface area contributed by atoms with Crippen LogP contribution in [0.5, 0.6) is 0 Å². The number of hydrogen-bond acceptors (Lipinski definition) is 5. The molecule has 0 radical (unpaired) electrons. The van der Waals surface area contributed by atoms with Crippen molar-refractivity contribution < 1.29 is 0 Å². The summed E-state index contributed by atoms with van der Waals surface area (Å²) in [6.45, 7) is 1.80. The van der Waals surface area contributed by atoms with E-state index in [0.29, 0.717) is 16.6 Å². The average Bonchev–Trinajstić information content (AvgIpc) is 3.30. The van der Waals surface area contributed by atoms with Crippen LogP contribution in [0, 0.1) is 11.3 Å². The molecular formula is C18H17ClN6. The van der Waals surface area contributed by atoms with Crippen molar-refractivity contribution in [1.82, 2.24) is 15.0 Å². The number of aromatic nitrogens is 3. The lowest BCUT2D eigenvalue weighted by Crippen LogP contribution is -2.35. The van der Waals surface area contributed by atoms with Gasteiger partial charge >= 0.3 is 0 Å². The lowest BCUT2D eigenvalue weighted by molar-refractivity contribution is 0.692. The van der Waals surface area contributed by atoms with E-state index in [1.807, 2.05) is 25.4 Å². The van der Waals surface area contributed by atoms with Crippen LogP contribution in [0.25, 0.3) is 11.0 Å². The van der Waals surface area contributed by atoms with Crippen molar-refractivity contribution in [1.29, 1.82) is 5.26 Å². The molecule has 3 heterocycles. The zero-order valence-electron chi connectivity index (χ0n) is 13.8. The molecule has 0 spiro atoms. The molecule has 0 bridgehead atoms. The van der Waals surface area contributed by atoms with Gasteiger partial charge in [-0.05, 0) is 30.7 Å². The molecule has 1 fully saturated rings. The molecule has 1 aromatic carbocycles. The Kier molecular flexibility index (Phi) is 3.94. The molecule has 1 atom stereocenters. The number of fused-ring (bicyclic) bond motifs is 1. The first-order valence-corrected chi connectivity index (χ1v) is 8.50. The minimum absolute atomic E-state index is 0.328. The molecule has 126 valence electrons. The molecule has 2 aromatic heterocycles. The van der Waals surface area contributed by atoms with E-state index in [1.54, 1.807) is 18.5 Å². The van der Waals surface area contributed by atoms with Crippen LogP contribution >= 0.6 is 11.6 Å². The Balaban J connectivity index is 1.56. The van der Waals surface area contributed by atoms with Crippen molar-refractivity contribution in [3.05, 3.63) is 47.4 Å². The molecule has 0 amide bonds. The number of nitriles is 1. The third-order valence-electron chi connectivity index (χ3n) is 4.80. The van der Waals surface area contributed by atoms with Gasteiger partial charge in [0.05, 0.1) is 27.7 Å². The summed E-state index contributed by atoms with van der Waals surface area (Å²) >= 11 is 6.37. The molecule has 1 unspecified atom stereocenters. The number of nitrogens with one attached hydrogen (secondary N) is 1. The molecule has 0 saturated carbocycles. The molecule has 1 saturated heterocycles. The van der Waals surface area contributed by atoms with Crippen LogP contribution < -0.4 is 9.80 Å². The number of halogens is 1. The highest BCUT2D eigenvalue weighted by molar-refractivity contribution is 6.33.